The van der Waals surface area contributed by atoms with Crippen molar-refractivity contribution in [2.24, 2.45) is 0 Å². The van der Waals surface area contributed by atoms with Crippen molar-refractivity contribution in [3.63, 3.8) is 0 Å². The molecule has 170 valence electrons. The summed E-state index contributed by atoms with van der Waals surface area (Å²) in [5.74, 6) is 1.87. The van der Waals surface area contributed by atoms with Crippen LogP contribution < -0.4 is 0 Å². The fraction of sp³-hybridized carbons (Fsp3) is 0.154. The van der Waals surface area contributed by atoms with E-state index in [2.05, 4.69) is 0 Å². The minimum Gasteiger partial charge on any atom is -0.454 e. The van der Waals surface area contributed by atoms with E-state index in [9.17, 15) is 9.59 Å². The van der Waals surface area contributed by atoms with Gasteiger partial charge in [-0.1, -0.05) is 0 Å². The number of carbonyl (C=O) groups is 2. The van der Waals surface area contributed by atoms with Crippen LogP contribution in [0.3, 0.4) is 0 Å². The fourth-order valence-corrected chi connectivity index (χ4v) is 6.09. The molecule has 0 bridgehead atoms. The van der Waals surface area contributed by atoms with E-state index < -0.39 is 0 Å². The average Bonchev–Trinajstić information content (AvgIpc) is 3.62. The van der Waals surface area contributed by atoms with Crippen LogP contribution in [-0.2, 0) is 9.59 Å². The highest BCUT2D eigenvalue weighted by molar-refractivity contribution is 7.15. The van der Waals surface area contributed by atoms with Gasteiger partial charge in [0.05, 0.1) is 20.9 Å². The molecule has 0 aromatic carbocycles. The van der Waals surface area contributed by atoms with Crippen molar-refractivity contribution in [2.45, 2.75) is 13.8 Å². The summed E-state index contributed by atoms with van der Waals surface area (Å²) in [5, 5.41) is 0. The summed E-state index contributed by atoms with van der Waals surface area (Å²) in [6, 6.07) is 15.5. The van der Waals surface area contributed by atoms with E-state index in [4.69, 9.17) is 8.83 Å². The molecule has 0 N–H and O–H groups in total. The Morgan fingerprint density at radius 2 is 0.971 bits per heavy atom. The monoisotopic (exact) mass is 488 g/mol. The van der Waals surface area contributed by atoms with E-state index in [0.717, 1.165) is 9.75 Å². The second-order valence-electron chi connectivity index (χ2n) is 8.32. The maximum Gasteiger partial charge on any atom is 0.261 e. The molecule has 0 radical (unpaired) electrons. The standard InChI is InChI=1S/C26H20N2O4S2/c1-13-5-11-19(33-13)15-7-9-17(31-15)23-21-22(26(30)27(23)3)24(28(4)25(21)29)18-10-8-16(32-18)20-12-6-14(2)34-20/h5-12H,1-4H3. The van der Waals surface area contributed by atoms with E-state index in [1.807, 2.05) is 62.4 Å². The Morgan fingerprint density at radius 1 is 0.588 bits per heavy atom. The molecule has 6 heterocycles. The summed E-state index contributed by atoms with van der Waals surface area (Å²) in [4.78, 5) is 34.1. The van der Waals surface area contributed by atoms with Crippen molar-refractivity contribution in [1.82, 2.24) is 9.80 Å². The molecule has 6 rings (SSSR count). The van der Waals surface area contributed by atoms with Crippen LogP contribution in [0.2, 0.25) is 0 Å². The Hall–Kier alpha value is -3.62. The molecule has 8 heteroatoms. The summed E-state index contributed by atoms with van der Waals surface area (Å²) in [5.41, 5.74) is 1.65. The van der Waals surface area contributed by atoms with E-state index in [1.165, 1.54) is 19.6 Å². The molecule has 0 aliphatic carbocycles. The molecule has 0 saturated heterocycles. The molecule has 34 heavy (non-hydrogen) atoms. The molecule has 0 unspecified atom stereocenters. The number of furan rings is 2. The molecule has 0 saturated carbocycles. The maximum atomic E-state index is 13.4. The lowest BCUT2D eigenvalue weighted by molar-refractivity contribution is -0.123. The fourth-order valence-electron chi connectivity index (χ4n) is 4.43. The second-order valence-corrected chi connectivity index (χ2v) is 10.9. The summed E-state index contributed by atoms with van der Waals surface area (Å²) in [7, 11) is 3.33. The van der Waals surface area contributed by atoms with Gasteiger partial charge in [-0.3, -0.25) is 9.59 Å². The number of aryl methyl sites for hydroxylation is 2. The molecule has 4 aromatic heterocycles. The minimum absolute atomic E-state index is 0.257. The van der Waals surface area contributed by atoms with Gasteiger partial charge in [-0.2, -0.15) is 0 Å². The summed E-state index contributed by atoms with van der Waals surface area (Å²) >= 11 is 3.26. The molecule has 4 aromatic rings. The van der Waals surface area contributed by atoms with E-state index in [-0.39, 0.29) is 11.8 Å². The second kappa shape index (κ2) is 7.44. The van der Waals surface area contributed by atoms with Gasteiger partial charge in [0.15, 0.2) is 11.5 Å². The van der Waals surface area contributed by atoms with Crippen molar-refractivity contribution in [3.8, 4) is 21.3 Å². The van der Waals surface area contributed by atoms with Crippen molar-refractivity contribution in [3.05, 3.63) is 81.0 Å². The molecule has 2 aliphatic heterocycles. The predicted molar refractivity (Wildman–Crippen MR) is 133 cm³/mol. The minimum atomic E-state index is -0.257. The molecule has 6 nitrogen and oxygen atoms in total. The van der Waals surface area contributed by atoms with E-state index >= 15 is 0 Å². The van der Waals surface area contributed by atoms with Crippen LogP contribution in [0, 0.1) is 13.8 Å². The molecule has 0 fully saturated rings. The Balaban J connectivity index is 1.47. The number of amides is 2. The van der Waals surface area contributed by atoms with Gasteiger partial charge in [0.25, 0.3) is 11.8 Å². The molecule has 2 aliphatic rings. The van der Waals surface area contributed by atoms with Gasteiger partial charge in [-0.15, -0.1) is 22.7 Å². The van der Waals surface area contributed by atoms with Crippen LogP contribution in [0.15, 0.2) is 68.5 Å². The lowest BCUT2D eigenvalue weighted by Crippen LogP contribution is -2.25. The quantitative estimate of drug-likeness (QED) is 0.353. The van der Waals surface area contributed by atoms with Crippen molar-refractivity contribution >= 4 is 45.9 Å². The third-order valence-electron chi connectivity index (χ3n) is 6.08. The third-order valence-corrected chi connectivity index (χ3v) is 8.11. The van der Waals surface area contributed by atoms with Crippen molar-refractivity contribution < 1.29 is 18.4 Å². The molecule has 0 spiro atoms. The number of likely N-dealkylation sites (N-methyl/N-ethyl adjacent to an activating group) is 2. The summed E-state index contributed by atoms with van der Waals surface area (Å²) < 4.78 is 12.3. The zero-order valence-electron chi connectivity index (χ0n) is 19.0. The summed E-state index contributed by atoms with van der Waals surface area (Å²) in [6.07, 6.45) is 0. The Bertz CT molecular complexity index is 1440. The molecular formula is C26H20N2O4S2. The summed E-state index contributed by atoms with van der Waals surface area (Å²) in [6.45, 7) is 4.08. The van der Waals surface area contributed by atoms with Gasteiger partial charge >= 0.3 is 0 Å². The first-order valence-corrected chi connectivity index (χ1v) is 12.4. The highest BCUT2D eigenvalue weighted by Crippen LogP contribution is 2.47. The third kappa shape index (κ3) is 2.99. The van der Waals surface area contributed by atoms with Crippen molar-refractivity contribution in [2.75, 3.05) is 14.1 Å². The normalized spacial score (nSPS) is 16.0. The smallest absolute Gasteiger partial charge is 0.261 e. The zero-order valence-corrected chi connectivity index (χ0v) is 20.6. The van der Waals surface area contributed by atoms with Crippen LogP contribution in [0.5, 0.6) is 0 Å². The highest BCUT2D eigenvalue weighted by atomic mass is 32.1. The van der Waals surface area contributed by atoms with Gasteiger partial charge < -0.3 is 18.6 Å². The van der Waals surface area contributed by atoms with Gasteiger partial charge in [-0.25, -0.2) is 0 Å². The SMILES string of the molecule is Cc1ccc(-c2ccc(C3=C4C(=O)N(C)C(c5ccc(-c6ccc(C)s6)o5)=C4C(=O)N3C)o2)s1. The first-order chi connectivity index (χ1) is 16.3. The van der Waals surface area contributed by atoms with Gasteiger partial charge in [0, 0.05) is 23.8 Å². The first kappa shape index (κ1) is 20.9. The topological polar surface area (TPSA) is 66.9 Å². The van der Waals surface area contributed by atoms with E-state index in [0.29, 0.717) is 45.6 Å². The number of hydrogen-bond donors (Lipinski definition) is 0. The number of thiophene rings is 2. The van der Waals surface area contributed by atoms with Crippen LogP contribution in [-0.4, -0.2) is 35.7 Å². The first-order valence-electron chi connectivity index (χ1n) is 10.7. The van der Waals surface area contributed by atoms with Gasteiger partial charge in [0.1, 0.15) is 22.9 Å². The lowest BCUT2D eigenvalue weighted by Gasteiger charge is -2.17. The highest BCUT2D eigenvalue weighted by Gasteiger charge is 2.48. The van der Waals surface area contributed by atoms with Crippen LogP contribution >= 0.6 is 22.7 Å². The number of fused-ring (bicyclic) bond motifs is 1. The number of carbonyl (C=O) groups excluding carboxylic acids is 2. The van der Waals surface area contributed by atoms with Crippen LogP contribution in [0.1, 0.15) is 21.3 Å². The van der Waals surface area contributed by atoms with E-state index in [1.54, 1.807) is 36.8 Å². The Labute approximate surface area is 204 Å². The van der Waals surface area contributed by atoms with Crippen LogP contribution in [0.4, 0.5) is 0 Å². The number of nitrogens with zero attached hydrogens (tertiary/aromatic N) is 2. The number of rotatable bonds is 4. The maximum absolute atomic E-state index is 13.4. The van der Waals surface area contributed by atoms with Gasteiger partial charge in [-0.05, 0) is 62.4 Å². The van der Waals surface area contributed by atoms with Crippen molar-refractivity contribution in [1.29, 1.82) is 0 Å². The average molecular weight is 489 g/mol. The van der Waals surface area contributed by atoms with Crippen LogP contribution in [0.25, 0.3) is 32.7 Å². The Kier molecular flexibility index (Phi) is 4.59. The molecule has 2 amide bonds. The zero-order chi connectivity index (χ0) is 23.7. The molecular weight excluding hydrogens is 468 g/mol. The molecule has 0 atom stereocenters. The number of hydrogen-bond acceptors (Lipinski definition) is 6. The predicted octanol–water partition coefficient (Wildman–Crippen LogP) is 6.01. The Morgan fingerprint density at radius 3 is 1.32 bits per heavy atom. The largest absolute Gasteiger partial charge is 0.454 e. The van der Waals surface area contributed by atoms with Gasteiger partial charge in [0.2, 0.25) is 0 Å². The lowest BCUT2D eigenvalue weighted by atomic mass is 10.1.